The number of rotatable bonds is 8. The van der Waals surface area contributed by atoms with Gasteiger partial charge in [0.15, 0.2) is 11.7 Å². The maximum atomic E-state index is 13.8. The summed E-state index contributed by atoms with van der Waals surface area (Å²) in [5, 5.41) is 1.35. The number of methoxy groups -OCH3 is 1. The van der Waals surface area contributed by atoms with Crippen LogP contribution in [0.1, 0.15) is 24.8 Å². The lowest BCUT2D eigenvalue weighted by Gasteiger charge is -2.25. The highest BCUT2D eigenvalue weighted by Crippen LogP contribution is 2.31. The number of hydrogen-bond donors (Lipinski definition) is 2. The molecule has 2 aliphatic rings. The molecule has 0 unspecified atom stereocenters. The predicted octanol–water partition coefficient (Wildman–Crippen LogP) is 2.35. The van der Waals surface area contributed by atoms with Crippen LogP contribution in [0.15, 0.2) is 45.8 Å². The SMILES string of the molecule is C=N/C(=C(/N)C(=NCC1CC1)N1CCC(F)(F)C1)N(N)Cc1ccc(OC)cc1. The Morgan fingerprint density at radius 1 is 1.34 bits per heavy atom. The average Bonchev–Trinajstić information content (AvgIpc) is 3.45. The molecule has 1 aliphatic heterocycles. The standard InChI is InChI=1S/C20H28F2N6O/c1-25-18(28(24)12-15-5-7-16(29-2)8-6-15)17(23)19(26-11-14-3-4-14)27-10-9-20(21,22)13-27/h5-8,14H,1,3-4,9-13,23-24H2,2H3/b18-17-,26-19?. The van der Waals surface area contributed by atoms with E-state index >= 15 is 0 Å². The number of halogens is 2. The van der Waals surface area contributed by atoms with Gasteiger partial charge in [0.1, 0.15) is 11.4 Å². The second-order valence-electron chi connectivity index (χ2n) is 7.51. The van der Waals surface area contributed by atoms with Gasteiger partial charge in [-0.3, -0.25) is 10.0 Å². The molecule has 0 spiro atoms. The number of hydrazine groups is 1. The normalized spacial score (nSPS) is 19.7. The molecule has 1 aliphatic carbocycles. The summed E-state index contributed by atoms with van der Waals surface area (Å²) < 4.78 is 32.7. The van der Waals surface area contributed by atoms with Crippen molar-refractivity contribution in [3.63, 3.8) is 0 Å². The Hall–Kier alpha value is -2.68. The molecule has 0 radical (unpaired) electrons. The number of hydrogen-bond acceptors (Lipinski definition) is 6. The van der Waals surface area contributed by atoms with Crippen LogP contribution in [0.4, 0.5) is 8.78 Å². The highest BCUT2D eigenvalue weighted by Gasteiger charge is 2.40. The van der Waals surface area contributed by atoms with Crippen LogP contribution in [0.25, 0.3) is 0 Å². The van der Waals surface area contributed by atoms with Gasteiger partial charge in [-0.25, -0.2) is 19.6 Å². The summed E-state index contributed by atoms with van der Waals surface area (Å²) in [6.45, 7) is 4.21. The molecule has 0 atom stereocenters. The molecular formula is C20H28F2N6O. The van der Waals surface area contributed by atoms with Gasteiger partial charge in [-0.2, -0.15) is 0 Å². The van der Waals surface area contributed by atoms with Gasteiger partial charge < -0.3 is 15.4 Å². The van der Waals surface area contributed by atoms with Crippen LogP contribution in [-0.2, 0) is 6.54 Å². The van der Waals surface area contributed by atoms with Gasteiger partial charge >= 0.3 is 0 Å². The van der Waals surface area contributed by atoms with Crippen molar-refractivity contribution in [2.24, 2.45) is 27.5 Å². The zero-order chi connectivity index (χ0) is 21.0. The van der Waals surface area contributed by atoms with E-state index in [2.05, 4.69) is 16.7 Å². The molecule has 2 fully saturated rings. The second-order valence-corrected chi connectivity index (χ2v) is 7.51. The van der Waals surface area contributed by atoms with Crippen LogP contribution in [0.5, 0.6) is 5.75 Å². The first-order valence-electron chi connectivity index (χ1n) is 9.62. The summed E-state index contributed by atoms with van der Waals surface area (Å²) in [7, 11) is 1.60. The van der Waals surface area contributed by atoms with Gasteiger partial charge in [-0.1, -0.05) is 12.1 Å². The molecule has 0 bridgehead atoms. The maximum absolute atomic E-state index is 13.8. The molecule has 1 aromatic carbocycles. The van der Waals surface area contributed by atoms with Crippen LogP contribution < -0.4 is 16.3 Å². The molecule has 3 rings (SSSR count). The van der Waals surface area contributed by atoms with Crippen molar-refractivity contribution in [1.29, 1.82) is 0 Å². The van der Waals surface area contributed by atoms with Gasteiger partial charge in [0, 0.05) is 19.5 Å². The van der Waals surface area contributed by atoms with Crippen molar-refractivity contribution in [3.05, 3.63) is 41.3 Å². The molecule has 9 heteroatoms. The van der Waals surface area contributed by atoms with Crippen LogP contribution >= 0.6 is 0 Å². The highest BCUT2D eigenvalue weighted by molar-refractivity contribution is 5.98. The molecule has 1 aromatic rings. The Kier molecular flexibility index (Phi) is 6.36. The van der Waals surface area contributed by atoms with Crippen molar-refractivity contribution in [3.8, 4) is 5.75 Å². The Morgan fingerprint density at radius 2 is 2.03 bits per heavy atom. The fourth-order valence-corrected chi connectivity index (χ4v) is 3.22. The number of amidine groups is 1. The van der Waals surface area contributed by atoms with Crippen molar-refractivity contribution < 1.29 is 13.5 Å². The summed E-state index contributed by atoms with van der Waals surface area (Å²) in [6.07, 6.45) is 1.98. The molecule has 0 aromatic heterocycles. The Morgan fingerprint density at radius 3 is 2.55 bits per heavy atom. The van der Waals surface area contributed by atoms with Crippen molar-refractivity contribution >= 4 is 12.6 Å². The third kappa shape index (κ3) is 5.44. The van der Waals surface area contributed by atoms with Gasteiger partial charge in [-0.15, -0.1) is 0 Å². The molecule has 1 saturated carbocycles. The van der Waals surface area contributed by atoms with Crippen LogP contribution in [0.2, 0.25) is 0 Å². The number of ether oxygens (including phenoxy) is 1. The predicted molar refractivity (Wildman–Crippen MR) is 110 cm³/mol. The summed E-state index contributed by atoms with van der Waals surface area (Å²) in [6, 6.07) is 7.40. The number of nitrogens with two attached hydrogens (primary N) is 2. The minimum Gasteiger partial charge on any atom is -0.497 e. The van der Waals surface area contributed by atoms with Crippen molar-refractivity contribution in [2.75, 3.05) is 26.7 Å². The topological polar surface area (TPSA) is 92.5 Å². The van der Waals surface area contributed by atoms with E-state index in [0.29, 0.717) is 24.8 Å². The molecule has 29 heavy (non-hydrogen) atoms. The number of likely N-dealkylation sites (tertiary alicyclic amines) is 1. The van der Waals surface area contributed by atoms with E-state index in [1.807, 2.05) is 24.3 Å². The minimum atomic E-state index is -2.76. The number of aliphatic imine (C=N–C) groups is 2. The summed E-state index contributed by atoms with van der Waals surface area (Å²) in [4.78, 5) is 10.0. The van der Waals surface area contributed by atoms with Crippen LogP contribution in [0.3, 0.4) is 0 Å². The van der Waals surface area contributed by atoms with Crippen molar-refractivity contribution in [1.82, 2.24) is 9.91 Å². The highest BCUT2D eigenvalue weighted by atomic mass is 19.3. The molecule has 7 nitrogen and oxygen atoms in total. The summed E-state index contributed by atoms with van der Waals surface area (Å²) in [5.74, 6) is 5.21. The first kappa shape index (κ1) is 21.0. The molecule has 1 heterocycles. The first-order chi connectivity index (χ1) is 13.8. The van der Waals surface area contributed by atoms with E-state index in [0.717, 1.165) is 24.2 Å². The molecule has 0 amide bonds. The van der Waals surface area contributed by atoms with E-state index < -0.39 is 12.5 Å². The largest absolute Gasteiger partial charge is 0.497 e. The lowest BCUT2D eigenvalue weighted by atomic mass is 10.2. The third-order valence-electron chi connectivity index (χ3n) is 5.08. The molecule has 158 valence electrons. The van der Waals surface area contributed by atoms with E-state index in [1.165, 1.54) is 9.91 Å². The smallest absolute Gasteiger partial charge is 0.266 e. The Balaban J connectivity index is 1.82. The molecule has 1 saturated heterocycles. The third-order valence-corrected chi connectivity index (χ3v) is 5.08. The molecule has 4 N–H and O–H groups in total. The van der Waals surface area contributed by atoms with Gasteiger partial charge in [0.25, 0.3) is 5.92 Å². The zero-order valence-corrected chi connectivity index (χ0v) is 16.7. The molecular weight excluding hydrogens is 378 g/mol. The zero-order valence-electron chi connectivity index (χ0n) is 16.7. The lowest BCUT2D eigenvalue weighted by Crippen LogP contribution is -2.39. The van der Waals surface area contributed by atoms with E-state index in [4.69, 9.17) is 16.3 Å². The average molecular weight is 406 g/mol. The van der Waals surface area contributed by atoms with Gasteiger partial charge in [0.05, 0.1) is 20.2 Å². The van der Waals surface area contributed by atoms with Gasteiger partial charge in [-0.05, 0) is 43.2 Å². The minimum absolute atomic E-state index is 0.161. The summed E-state index contributed by atoms with van der Waals surface area (Å²) in [5.41, 5.74) is 7.40. The van der Waals surface area contributed by atoms with E-state index in [-0.39, 0.29) is 24.5 Å². The Bertz CT molecular complexity index is 789. The number of nitrogens with zero attached hydrogens (tertiary/aromatic N) is 4. The number of alkyl halides is 2. The fourth-order valence-electron chi connectivity index (χ4n) is 3.22. The number of benzene rings is 1. The summed E-state index contributed by atoms with van der Waals surface area (Å²) >= 11 is 0. The van der Waals surface area contributed by atoms with E-state index in [1.54, 1.807) is 7.11 Å². The first-order valence-corrected chi connectivity index (χ1v) is 9.62. The maximum Gasteiger partial charge on any atom is 0.266 e. The monoisotopic (exact) mass is 406 g/mol. The fraction of sp³-hybridized carbons (Fsp3) is 0.500. The van der Waals surface area contributed by atoms with E-state index in [9.17, 15) is 8.78 Å². The van der Waals surface area contributed by atoms with Crippen LogP contribution in [0, 0.1) is 5.92 Å². The second kappa shape index (κ2) is 8.77. The van der Waals surface area contributed by atoms with Crippen molar-refractivity contribution in [2.45, 2.75) is 31.7 Å². The Labute approximate surface area is 169 Å². The quantitative estimate of drug-likeness (QED) is 0.299. The van der Waals surface area contributed by atoms with Gasteiger partial charge in [0.2, 0.25) is 0 Å². The lowest BCUT2D eigenvalue weighted by molar-refractivity contribution is 0.0175. The van der Waals surface area contributed by atoms with Crippen LogP contribution in [-0.4, -0.2) is 55.1 Å².